The number of hydrogen-bond donors (Lipinski definition) is 2. The molecule has 7 nitrogen and oxygen atoms in total. The molecule has 4 rings (SSSR count). The highest BCUT2D eigenvalue weighted by Crippen LogP contribution is 2.35. The number of nitrogens with two attached hydrogens (primary N) is 1. The van der Waals surface area contributed by atoms with Crippen LogP contribution in [-0.2, 0) is 6.61 Å². The molecule has 4 aromatic rings. The number of nitrogen functional groups attached to an aromatic ring is 1. The van der Waals surface area contributed by atoms with E-state index >= 15 is 0 Å². The van der Waals surface area contributed by atoms with Gasteiger partial charge in [0, 0.05) is 11.1 Å². The molecule has 0 saturated carbocycles. The molecule has 34 heavy (non-hydrogen) atoms. The number of rotatable bonds is 7. The van der Waals surface area contributed by atoms with Crippen LogP contribution >= 0.6 is 0 Å². The van der Waals surface area contributed by atoms with Gasteiger partial charge >= 0.3 is 5.97 Å². The van der Waals surface area contributed by atoms with Crippen molar-refractivity contribution in [3.8, 4) is 40.0 Å². The lowest BCUT2D eigenvalue weighted by molar-refractivity contribution is 0.0697. The van der Waals surface area contributed by atoms with Crippen LogP contribution in [-0.4, -0.2) is 23.2 Å². The zero-order chi connectivity index (χ0) is 24.1. The Balaban J connectivity index is 1.73. The molecular formula is C27H21N3O4. The minimum Gasteiger partial charge on any atom is -0.497 e. The van der Waals surface area contributed by atoms with Gasteiger partial charge in [0.2, 0.25) is 0 Å². The summed E-state index contributed by atoms with van der Waals surface area (Å²) in [5.74, 6) is 0.363. The summed E-state index contributed by atoms with van der Waals surface area (Å²) in [7, 11) is 1.62. The number of ether oxygens (including phenoxy) is 2. The summed E-state index contributed by atoms with van der Waals surface area (Å²) in [6, 6.07) is 25.2. The summed E-state index contributed by atoms with van der Waals surface area (Å²) >= 11 is 0. The fraction of sp³-hybridized carbons (Fsp3) is 0.0741. The molecule has 3 N–H and O–H groups in total. The molecule has 3 aromatic carbocycles. The van der Waals surface area contributed by atoms with Crippen LogP contribution in [0, 0.1) is 11.3 Å². The second-order valence-corrected chi connectivity index (χ2v) is 7.45. The summed E-state index contributed by atoms with van der Waals surface area (Å²) in [6.45, 7) is 0.334. The Hall–Kier alpha value is -4.83. The van der Waals surface area contributed by atoms with Crippen LogP contribution in [0.4, 0.5) is 5.82 Å². The van der Waals surface area contributed by atoms with Gasteiger partial charge in [0.15, 0.2) is 0 Å². The number of benzene rings is 3. The highest BCUT2D eigenvalue weighted by atomic mass is 16.5. The van der Waals surface area contributed by atoms with E-state index in [2.05, 4.69) is 11.1 Å². The number of nitrogens with zero attached hydrogens (tertiary/aromatic N) is 2. The van der Waals surface area contributed by atoms with Gasteiger partial charge in [0.05, 0.1) is 18.4 Å². The zero-order valence-corrected chi connectivity index (χ0v) is 18.4. The minimum atomic E-state index is -1.06. The first-order chi connectivity index (χ1) is 16.5. The average molecular weight is 451 g/mol. The number of anilines is 1. The number of methoxy groups -OCH3 is 1. The standard InChI is InChI=1S/C27H21N3O4/c1-33-20-11-9-17(10-12-20)16-34-25-8-3-2-7-21(25)24-14-22(23(15-28)26(29)30-24)18-5-4-6-19(13-18)27(31)32/h2-14H,16H2,1H3,(H2,29,30)(H,31,32). The van der Waals surface area contributed by atoms with Gasteiger partial charge in [-0.2, -0.15) is 5.26 Å². The third kappa shape index (κ3) is 4.66. The maximum atomic E-state index is 11.4. The van der Waals surface area contributed by atoms with E-state index in [9.17, 15) is 15.2 Å². The number of hydrogen-bond acceptors (Lipinski definition) is 6. The molecule has 0 atom stereocenters. The number of aromatic carboxylic acids is 1. The van der Waals surface area contributed by atoms with E-state index in [0.29, 0.717) is 34.7 Å². The number of pyridine rings is 1. The van der Waals surface area contributed by atoms with Crippen LogP contribution in [0.1, 0.15) is 21.5 Å². The van der Waals surface area contributed by atoms with Crippen LogP contribution in [0.3, 0.4) is 0 Å². The first-order valence-electron chi connectivity index (χ1n) is 10.4. The predicted molar refractivity (Wildman–Crippen MR) is 129 cm³/mol. The van der Waals surface area contributed by atoms with Crippen molar-refractivity contribution in [2.75, 3.05) is 12.8 Å². The first kappa shape index (κ1) is 22.4. The SMILES string of the molecule is COc1ccc(COc2ccccc2-c2cc(-c3cccc(C(=O)O)c3)c(C#N)c(N)n2)cc1. The second-order valence-electron chi connectivity index (χ2n) is 7.45. The molecule has 0 unspecified atom stereocenters. The van der Waals surface area contributed by atoms with Crippen molar-refractivity contribution in [1.29, 1.82) is 5.26 Å². The number of nitriles is 1. The largest absolute Gasteiger partial charge is 0.497 e. The minimum absolute atomic E-state index is 0.0562. The molecule has 1 heterocycles. The first-order valence-corrected chi connectivity index (χ1v) is 10.4. The summed E-state index contributed by atoms with van der Waals surface area (Å²) < 4.78 is 11.3. The van der Waals surface area contributed by atoms with E-state index in [1.807, 2.05) is 48.5 Å². The van der Waals surface area contributed by atoms with Crippen molar-refractivity contribution in [1.82, 2.24) is 4.98 Å². The lowest BCUT2D eigenvalue weighted by Gasteiger charge is -2.14. The van der Waals surface area contributed by atoms with Crippen molar-refractivity contribution >= 4 is 11.8 Å². The molecule has 7 heteroatoms. The number of carboxylic acids is 1. The molecule has 0 bridgehead atoms. The number of aromatic nitrogens is 1. The highest BCUT2D eigenvalue weighted by molar-refractivity contribution is 5.90. The van der Waals surface area contributed by atoms with E-state index in [0.717, 1.165) is 11.3 Å². The zero-order valence-electron chi connectivity index (χ0n) is 18.4. The van der Waals surface area contributed by atoms with Crippen LogP contribution in [0.25, 0.3) is 22.4 Å². The smallest absolute Gasteiger partial charge is 0.335 e. The summed E-state index contributed by atoms with van der Waals surface area (Å²) in [5.41, 5.74) is 9.67. The molecule has 0 saturated heterocycles. The van der Waals surface area contributed by atoms with Crippen molar-refractivity contribution < 1.29 is 19.4 Å². The topological polar surface area (TPSA) is 118 Å². The molecule has 0 aliphatic heterocycles. The van der Waals surface area contributed by atoms with E-state index in [4.69, 9.17) is 15.2 Å². The Morgan fingerprint density at radius 2 is 1.79 bits per heavy atom. The number of para-hydroxylation sites is 1. The Morgan fingerprint density at radius 3 is 2.50 bits per heavy atom. The molecule has 0 aliphatic carbocycles. The molecule has 0 radical (unpaired) electrons. The summed E-state index contributed by atoms with van der Waals surface area (Å²) in [4.78, 5) is 15.9. The van der Waals surface area contributed by atoms with Gasteiger partial charge in [-0.25, -0.2) is 9.78 Å². The molecule has 168 valence electrons. The van der Waals surface area contributed by atoms with Crippen LogP contribution in [0.2, 0.25) is 0 Å². The maximum Gasteiger partial charge on any atom is 0.335 e. The van der Waals surface area contributed by atoms with E-state index in [1.54, 1.807) is 25.3 Å². The van der Waals surface area contributed by atoms with Crippen molar-refractivity contribution in [3.05, 3.63) is 95.6 Å². The highest BCUT2D eigenvalue weighted by Gasteiger charge is 2.17. The molecule has 0 aliphatic rings. The number of carbonyl (C=O) groups is 1. The Labute approximate surface area is 196 Å². The molecule has 0 amide bonds. The Bertz CT molecular complexity index is 1390. The van der Waals surface area contributed by atoms with Gasteiger partial charge in [-0.15, -0.1) is 0 Å². The molecule has 0 spiro atoms. The fourth-order valence-electron chi connectivity index (χ4n) is 3.55. The molecule has 1 aromatic heterocycles. The normalized spacial score (nSPS) is 10.4. The van der Waals surface area contributed by atoms with Crippen LogP contribution in [0.5, 0.6) is 11.5 Å². The summed E-state index contributed by atoms with van der Waals surface area (Å²) in [6.07, 6.45) is 0. The molecular weight excluding hydrogens is 430 g/mol. The average Bonchev–Trinajstić information content (AvgIpc) is 2.87. The van der Waals surface area contributed by atoms with Gasteiger partial charge < -0.3 is 20.3 Å². The van der Waals surface area contributed by atoms with E-state index < -0.39 is 5.97 Å². The number of carboxylic acid groups (broad SMARTS) is 1. The third-order valence-electron chi connectivity index (χ3n) is 5.30. The van der Waals surface area contributed by atoms with Gasteiger partial charge in [0.1, 0.15) is 35.6 Å². The van der Waals surface area contributed by atoms with Crippen molar-refractivity contribution in [3.63, 3.8) is 0 Å². The predicted octanol–water partition coefficient (Wildman–Crippen LogP) is 5.16. The van der Waals surface area contributed by atoms with Gasteiger partial charge in [-0.05, 0) is 53.6 Å². The quantitative estimate of drug-likeness (QED) is 0.399. The maximum absolute atomic E-state index is 11.4. The Morgan fingerprint density at radius 1 is 1.03 bits per heavy atom. The van der Waals surface area contributed by atoms with Gasteiger partial charge in [-0.3, -0.25) is 0 Å². The van der Waals surface area contributed by atoms with Crippen molar-refractivity contribution in [2.45, 2.75) is 6.61 Å². The third-order valence-corrected chi connectivity index (χ3v) is 5.30. The van der Waals surface area contributed by atoms with Crippen LogP contribution < -0.4 is 15.2 Å². The van der Waals surface area contributed by atoms with Gasteiger partial charge in [-0.1, -0.05) is 36.4 Å². The Kier molecular flexibility index (Phi) is 6.42. The molecule has 0 fully saturated rings. The lowest BCUT2D eigenvalue weighted by Crippen LogP contribution is -2.02. The fourth-order valence-corrected chi connectivity index (χ4v) is 3.55. The lowest BCUT2D eigenvalue weighted by atomic mass is 9.97. The van der Waals surface area contributed by atoms with Crippen molar-refractivity contribution in [2.24, 2.45) is 0 Å². The van der Waals surface area contributed by atoms with Gasteiger partial charge in [0.25, 0.3) is 0 Å². The van der Waals surface area contributed by atoms with E-state index in [1.165, 1.54) is 12.1 Å². The summed E-state index contributed by atoms with van der Waals surface area (Å²) in [5, 5.41) is 19.0. The van der Waals surface area contributed by atoms with Crippen LogP contribution in [0.15, 0.2) is 78.9 Å². The van der Waals surface area contributed by atoms with E-state index in [-0.39, 0.29) is 16.9 Å². The monoisotopic (exact) mass is 451 g/mol. The second kappa shape index (κ2) is 9.76.